The van der Waals surface area contributed by atoms with Crippen molar-refractivity contribution >= 4 is 23.2 Å². The lowest BCUT2D eigenvalue weighted by atomic mass is 9.73. The maximum atomic E-state index is 12.4. The summed E-state index contributed by atoms with van der Waals surface area (Å²) in [6, 6.07) is 9.36. The van der Waals surface area contributed by atoms with Crippen LogP contribution in [0, 0.1) is 0 Å². The number of aromatic nitrogens is 1. The number of carbonyl (C=O) groups excluding carboxylic acids is 1. The molecule has 0 saturated carbocycles. The molecule has 2 heterocycles. The Morgan fingerprint density at radius 3 is 2.50 bits per heavy atom. The fourth-order valence-corrected chi connectivity index (χ4v) is 3.89. The van der Waals surface area contributed by atoms with Crippen LogP contribution in [0.1, 0.15) is 29.8 Å². The zero-order chi connectivity index (χ0) is 17.0. The molecule has 0 radical (unpaired) electrons. The third kappa shape index (κ3) is 3.33. The van der Waals surface area contributed by atoms with Gasteiger partial charge in [-0.2, -0.15) is 0 Å². The molecule has 0 bridgehead atoms. The van der Waals surface area contributed by atoms with Crippen molar-refractivity contribution in [1.82, 2.24) is 9.88 Å². The van der Waals surface area contributed by atoms with E-state index in [-0.39, 0.29) is 5.91 Å². The Kier molecular flexibility index (Phi) is 4.94. The van der Waals surface area contributed by atoms with Crippen LogP contribution in [0.3, 0.4) is 0 Å². The van der Waals surface area contributed by atoms with Crippen LogP contribution in [0.5, 0.6) is 0 Å². The van der Waals surface area contributed by atoms with Crippen LogP contribution in [-0.4, -0.2) is 40.0 Å². The zero-order valence-electron chi connectivity index (χ0n) is 13.4. The van der Waals surface area contributed by atoms with Gasteiger partial charge in [-0.1, -0.05) is 30.3 Å². The van der Waals surface area contributed by atoms with Crippen LogP contribution in [0.4, 0.5) is 0 Å². The van der Waals surface area contributed by atoms with Gasteiger partial charge >= 0.3 is 5.97 Å². The molecule has 0 spiro atoms. The second-order valence-electron chi connectivity index (χ2n) is 6.06. The van der Waals surface area contributed by atoms with Crippen molar-refractivity contribution < 1.29 is 14.7 Å². The fourth-order valence-electron chi connectivity index (χ4n) is 3.27. The number of hydrogen-bond acceptors (Lipinski definition) is 4. The third-order valence-corrected chi connectivity index (χ3v) is 5.58. The van der Waals surface area contributed by atoms with Crippen LogP contribution in [0.15, 0.2) is 41.9 Å². The Labute approximate surface area is 145 Å². The molecule has 1 N–H and O–H groups in total. The average molecular weight is 344 g/mol. The van der Waals surface area contributed by atoms with Crippen molar-refractivity contribution in [3.63, 3.8) is 0 Å². The fraction of sp³-hybridized carbons (Fsp3) is 0.389. The van der Waals surface area contributed by atoms with Crippen molar-refractivity contribution in [2.24, 2.45) is 0 Å². The summed E-state index contributed by atoms with van der Waals surface area (Å²) in [5.74, 6) is -0.721. The minimum Gasteiger partial charge on any atom is -0.481 e. The van der Waals surface area contributed by atoms with E-state index in [1.54, 1.807) is 22.4 Å². The summed E-state index contributed by atoms with van der Waals surface area (Å²) in [7, 11) is 0. The molecular formula is C18H20N2O3S. The summed E-state index contributed by atoms with van der Waals surface area (Å²) < 4.78 is 0. The normalized spacial score (nSPS) is 16.8. The van der Waals surface area contributed by atoms with Gasteiger partial charge in [0.1, 0.15) is 0 Å². The molecule has 0 unspecified atom stereocenters. The molecule has 1 aliphatic heterocycles. The zero-order valence-corrected chi connectivity index (χ0v) is 14.2. The molecular weight excluding hydrogens is 324 g/mol. The molecule has 1 aromatic carbocycles. The number of aliphatic carboxylic acids is 1. The Bertz CT molecular complexity index is 692. The number of carboxylic acid groups (broad SMARTS) is 1. The van der Waals surface area contributed by atoms with Crippen LogP contribution >= 0.6 is 11.3 Å². The van der Waals surface area contributed by atoms with Crippen molar-refractivity contribution in [1.29, 1.82) is 0 Å². The second kappa shape index (κ2) is 7.13. The van der Waals surface area contributed by atoms with E-state index in [0.717, 1.165) is 10.6 Å². The number of amides is 1. The molecule has 1 amide bonds. The predicted molar refractivity (Wildman–Crippen MR) is 92.0 cm³/mol. The lowest BCUT2D eigenvalue weighted by Gasteiger charge is -2.39. The van der Waals surface area contributed by atoms with Gasteiger partial charge in [0.15, 0.2) is 0 Å². The van der Waals surface area contributed by atoms with Gasteiger partial charge in [0.25, 0.3) is 0 Å². The largest absolute Gasteiger partial charge is 0.481 e. The summed E-state index contributed by atoms with van der Waals surface area (Å²) in [6.07, 6.45) is 3.73. The molecule has 24 heavy (non-hydrogen) atoms. The first-order valence-electron chi connectivity index (χ1n) is 8.07. The molecule has 3 rings (SSSR count). The molecule has 1 aromatic heterocycles. The first-order valence-corrected chi connectivity index (χ1v) is 8.95. The molecule has 0 atom stereocenters. The van der Waals surface area contributed by atoms with Gasteiger partial charge in [-0.3, -0.25) is 9.59 Å². The average Bonchev–Trinajstić information content (AvgIpc) is 3.14. The minimum absolute atomic E-state index is 0.0808. The monoisotopic (exact) mass is 344 g/mol. The van der Waals surface area contributed by atoms with E-state index in [0.29, 0.717) is 38.8 Å². The van der Waals surface area contributed by atoms with E-state index in [9.17, 15) is 14.7 Å². The van der Waals surface area contributed by atoms with E-state index < -0.39 is 11.4 Å². The maximum Gasteiger partial charge on any atom is 0.314 e. The first kappa shape index (κ1) is 16.6. The smallest absolute Gasteiger partial charge is 0.314 e. The van der Waals surface area contributed by atoms with E-state index in [2.05, 4.69) is 4.98 Å². The summed E-state index contributed by atoms with van der Waals surface area (Å²) >= 11 is 1.55. The van der Waals surface area contributed by atoms with Gasteiger partial charge in [-0.25, -0.2) is 4.98 Å². The highest BCUT2D eigenvalue weighted by Gasteiger charge is 2.43. The first-order chi connectivity index (χ1) is 11.6. The molecule has 2 aromatic rings. The number of thiazole rings is 1. The minimum atomic E-state index is -0.882. The second-order valence-corrected chi connectivity index (χ2v) is 7.04. The number of piperidine rings is 1. The van der Waals surface area contributed by atoms with E-state index in [4.69, 9.17) is 0 Å². The van der Waals surface area contributed by atoms with Gasteiger partial charge < -0.3 is 10.0 Å². The molecule has 5 nitrogen and oxygen atoms in total. The van der Waals surface area contributed by atoms with Crippen molar-refractivity contribution in [3.05, 3.63) is 52.5 Å². The van der Waals surface area contributed by atoms with Gasteiger partial charge in [0.05, 0.1) is 10.4 Å². The highest BCUT2D eigenvalue weighted by Crippen LogP contribution is 2.36. The van der Waals surface area contributed by atoms with Gasteiger partial charge in [-0.05, 0) is 18.4 Å². The number of aryl methyl sites for hydroxylation is 1. The standard InChI is InChI=1S/C18H20N2O3S/c21-16(7-6-15-19-10-13-24-15)20-11-8-18(9-12-20,17(22)23)14-4-2-1-3-5-14/h1-5,10,13H,6-9,11-12H2,(H,22,23). The summed E-state index contributed by atoms with van der Waals surface area (Å²) in [5, 5.41) is 12.7. The van der Waals surface area contributed by atoms with E-state index in [1.165, 1.54) is 0 Å². The Morgan fingerprint density at radius 1 is 1.21 bits per heavy atom. The summed E-state index contributed by atoms with van der Waals surface area (Å²) in [5.41, 5.74) is -0.0553. The number of hydrogen-bond donors (Lipinski definition) is 1. The van der Waals surface area contributed by atoms with Gasteiger partial charge in [-0.15, -0.1) is 11.3 Å². The SMILES string of the molecule is O=C(CCc1nccs1)N1CCC(C(=O)O)(c2ccccc2)CC1. The summed E-state index contributed by atoms with van der Waals surface area (Å²) in [4.78, 5) is 30.3. The lowest BCUT2D eigenvalue weighted by molar-refractivity contribution is -0.148. The van der Waals surface area contributed by atoms with Crippen molar-refractivity contribution in [3.8, 4) is 0 Å². The number of benzene rings is 1. The lowest BCUT2D eigenvalue weighted by Crippen LogP contribution is -2.49. The molecule has 0 aliphatic carbocycles. The molecule has 1 aliphatic rings. The third-order valence-electron chi connectivity index (χ3n) is 4.74. The number of carbonyl (C=O) groups is 2. The number of rotatable bonds is 5. The van der Waals surface area contributed by atoms with Crippen LogP contribution in [-0.2, 0) is 21.4 Å². The van der Waals surface area contributed by atoms with Crippen molar-refractivity contribution in [2.75, 3.05) is 13.1 Å². The van der Waals surface area contributed by atoms with Crippen LogP contribution in [0.2, 0.25) is 0 Å². The quantitative estimate of drug-likeness (QED) is 0.905. The maximum absolute atomic E-state index is 12.4. The molecule has 1 fully saturated rings. The molecule has 6 heteroatoms. The van der Waals surface area contributed by atoms with E-state index in [1.807, 2.05) is 35.7 Å². The van der Waals surface area contributed by atoms with Crippen LogP contribution < -0.4 is 0 Å². The highest BCUT2D eigenvalue weighted by molar-refractivity contribution is 7.09. The number of carboxylic acids is 1. The number of nitrogens with zero attached hydrogens (tertiary/aromatic N) is 2. The molecule has 126 valence electrons. The predicted octanol–water partition coefficient (Wildman–Crippen LogP) is 2.72. The van der Waals surface area contributed by atoms with Gasteiger partial charge in [0.2, 0.25) is 5.91 Å². The Balaban J connectivity index is 1.63. The molecule has 1 saturated heterocycles. The van der Waals surface area contributed by atoms with E-state index >= 15 is 0 Å². The number of likely N-dealkylation sites (tertiary alicyclic amines) is 1. The topological polar surface area (TPSA) is 70.5 Å². The Hall–Kier alpha value is -2.21. The Morgan fingerprint density at radius 2 is 1.92 bits per heavy atom. The van der Waals surface area contributed by atoms with Gasteiger partial charge in [0, 0.05) is 37.5 Å². The van der Waals surface area contributed by atoms with Crippen molar-refractivity contribution in [2.45, 2.75) is 31.1 Å². The summed E-state index contributed by atoms with van der Waals surface area (Å²) in [6.45, 7) is 0.968. The van der Waals surface area contributed by atoms with Crippen LogP contribution in [0.25, 0.3) is 0 Å². The highest BCUT2D eigenvalue weighted by atomic mass is 32.1.